The Morgan fingerprint density at radius 3 is 1.80 bits per heavy atom. The van der Waals surface area contributed by atoms with Crippen molar-refractivity contribution < 1.29 is 0 Å². The summed E-state index contributed by atoms with van der Waals surface area (Å²) < 4.78 is 0. The maximum Gasteiger partial charge on any atom is -0.0315 e. The van der Waals surface area contributed by atoms with Crippen molar-refractivity contribution in [1.82, 2.24) is 0 Å². The lowest BCUT2D eigenvalue weighted by Crippen LogP contribution is -2.39. The van der Waals surface area contributed by atoms with E-state index in [0.717, 1.165) is 17.8 Å². The predicted molar refractivity (Wildman–Crippen MR) is 104 cm³/mol. The SMILES string of the molecule is C1CC2CCCC3C4C5CCCC6CCCC(C5C6)C(C(C1)CC2)C34. The Balaban J connectivity index is 1.38. The molecule has 0 spiro atoms. The zero-order valence-corrected chi connectivity index (χ0v) is 16.4. The van der Waals surface area contributed by atoms with Crippen molar-refractivity contribution in [3.05, 3.63) is 0 Å². The molecule has 6 saturated carbocycles. The lowest BCUT2D eigenvalue weighted by molar-refractivity contribution is 0.0289. The molecule has 6 aliphatic carbocycles. The maximum absolute atomic E-state index is 1.66. The van der Waals surface area contributed by atoms with Crippen LogP contribution in [0.25, 0.3) is 0 Å². The first-order valence-corrected chi connectivity index (χ1v) is 12.4. The molecule has 0 N–H and O–H groups in total. The summed E-state index contributed by atoms with van der Waals surface area (Å²) in [5, 5.41) is 0. The highest BCUT2D eigenvalue weighted by Gasteiger charge is 2.65. The van der Waals surface area contributed by atoms with Crippen molar-refractivity contribution in [3.8, 4) is 0 Å². The molecule has 6 aliphatic rings. The van der Waals surface area contributed by atoms with Gasteiger partial charge in [-0.25, -0.2) is 0 Å². The van der Waals surface area contributed by atoms with Gasteiger partial charge in [-0.05, 0) is 91.3 Å². The van der Waals surface area contributed by atoms with Crippen LogP contribution in [0.15, 0.2) is 0 Å². The fourth-order valence-electron chi connectivity index (χ4n) is 9.73. The van der Waals surface area contributed by atoms with Crippen molar-refractivity contribution >= 4 is 0 Å². The molecule has 0 heteroatoms. The van der Waals surface area contributed by atoms with Crippen LogP contribution in [0.3, 0.4) is 0 Å². The molecule has 140 valence electrons. The van der Waals surface area contributed by atoms with E-state index >= 15 is 0 Å². The normalized spacial score (nSPS) is 57.6. The molecule has 10 atom stereocenters. The smallest absolute Gasteiger partial charge is 0.0315 e. The molecule has 0 aromatic heterocycles. The van der Waals surface area contributed by atoms with Crippen molar-refractivity contribution in [2.45, 2.75) is 96.3 Å². The predicted octanol–water partition coefficient (Wildman–Crippen LogP) is 7.08. The average Bonchev–Trinajstić information content (AvgIpc) is 3.39. The highest BCUT2D eigenvalue weighted by atomic mass is 14.7. The van der Waals surface area contributed by atoms with Gasteiger partial charge in [0.1, 0.15) is 0 Å². The van der Waals surface area contributed by atoms with Crippen LogP contribution in [0.5, 0.6) is 0 Å². The molecular weight excluding hydrogens is 300 g/mol. The lowest BCUT2D eigenvalue weighted by Gasteiger charge is -2.45. The van der Waals surface area contributed by atoms with Gasteiger partial charge in [-0.1, -0.05) is 64.2 Å². The third kappa shape index (κ3) is 2.59. The molecule has 4 bridgehead atoms. The van der Waals surface area contributed by atoms with Gasteiger partial charge in [0.2, 0.25) is 0 Å². The zero-order valence-electron chi connectivity index (χ0n) is 16.4. The van der Waals surface area contributed by atoms with E-state index in [9.17, 15) is 0 Å². The third-order valence-corrected chi connectivity index (χ3v) is 10.6. The molecule has 0 aliphatic heterocycles. The Kier molecular flexibility index (Phi) is 4.01. The second-order valence-corrected chi connectivity index (χ2v) is 11.4. The van der Waals surface area contributed by atoms with E-state index in [-0.39, 0.29) is 0 Å². The van der Waals surface area contributed by atoms with Gasteiger partial charge in [-0.15, -0.1) is 0 Å². The second kappa shape index (κ2) is 6.27. The minimum Gasteiger partial charge on any atom is -0.0528 e. The third-order valence-electron chi connectivity index (χ3n) is 10.6. The lowest BCUT2D eigenvalue weighted by atomic mass is 9.59. The van der Waals surface area contributed by atoms with Crippen LogP contribution >= 0.6 is 0 Å². The van der Waals surface area contributed by atoms with Gasteiger partial charge in [0, 0.05) is 0 Å². The van der Waals surface area contributed by atoms with Crippen LogP contribution in [-0.2, 0) is 0 Å². The van der Waals surface area contributed by atoms with E-state index in [1.165, 1.54) is 41.4 Å². The van der Waals surface area contributed by atoms with Gasteiger partial charge in [0.05, 0.1) is 0 Å². The molecule has 10 unspecified atom stereocenters. The summed E-state index contributed by atoms with van der Waals surface area (Å²) in [5.41, 5.74) is 0. The van der Waals surface area contributed by atoms with E-state index in [0.29, 0.717) is 0 Å². The Morgan fingerprint density at radius 1 is 0.360 bits per heavy atom. The topological polar surface area (TPSA) is 0 Å². The Labute approximate surface area is 155 Å². The molecule has 0 amide bonds. The number of hydrogen-bond acceptors (Lipinski definition) is 0. The van der Waals surface area contributed by atoms with Gasteiger partial charge in [-0.3, -0.25) is 0 Å². The molecule has 0 saturated heterocycles. The molecule has 0 aromatic carbocycles. The van der Waals surface area contributed by atoms with Crippen LogP contribution in [0, 0.1) is 59.2 Å². The highest BCUT2D eigenvalue weighted by molar-refractivity contribution is 5.13. The Bertz CT molecular complexity index is 494. The molecule has 0 nitrogen and oxygen atoms in total. The molecular formula is C25H40. The van der Waals surface area contributed by atoms with Crippen LogP contribution in [0.4, 0.5) is 0 Å². The quantitative estimate of drug-likeness (QED) is 0.442. The largest absolute Gasteiger partial charge is 0.0528 e. The average molecular weight is 341 g/mol. The van der Waals surface area contributed by atoms with Gasteiger partial charge in [0.25, 0.3) is 0 Å². The molecule has 25 heavy (non-hydrogen) atoms. The first-order valence-electron chi connectivity index (χ1n) is 12.4. The summed E-state index contributed by atoms with van der Waals surface area (Å²) in [6.07, 6.45) is 24.1. The highest BCUT2D eigenvalue weighted by Crippen LogP contribution is 2.71. The van der Waals surface area contributed by atoms with Crippen LogP contribution in [0.2, 0.25) is 0 Å². The molecule has 0 heterocycles. The number of hydrogen-bond donors (Lipinski definition) is 0. The molecule has 0 aromatic rings. The van der Waals surface area contributed by atoms with E-state index in [1.807, 2.05) is 0 Å². The van der Waals surface area contributed by atoms with Gasteiger partial charge < -0.3 is 0 Å². The molecule has 6 rings (SSSR count). The monoisotopic (exact) mass is 340 g/mol. The minimum atomic E-state index is 1.11. The second-order valence-electron chi connectivity index (χ2n) is 11.4. The van der Waals surface area contributed by atoms with E-state index in [2.05, 4.69) is 0 Å². The van der Waals surface area contributed by atoms with Gasteiger partial charge >= 0.3 is 0 Å². The Hall–Kier alpha value is 0. The van der Waals surface area contributed by atoms with Crippen molar-refractivity contribution in [3.63, 3.8) is 0 Å². The standard InChI is InChI=1S/C25H40/c1-5-16-6-2-12-21-24-20-11-4-8-17-7-3-10-19(22(20)15-17)23(25(21)24)18(9-1)14-13-16/h16-25H,1-15H2. The first-order chi connectivity index (χ1) is 12.4. The van der Waals surface area contributed by atoms with Crippen molar-refractivity contribution in [2.24, 2.45) is 59.2 Å². The Morgan fingerprint density at radius 2 is 1.00 bits per heavy atom. The van der Waals surface area contributed by atoms with E-state index in [1.54, 1.807) is 96.3 Å². The van der Waals surface area contributed by atoms with Crippen LogP contribution < -0.4 is 0 Å². The maximum atomic E-state index is 1.66. The summed E-state index contributed by atoms with van der Waals surface area (Å²) in [5.74, 6) is 11.7. The summed E-state index contributed by atoms with van der Waals surface area (Å²) in [4.78, 5) is 0. The molecule has 0 radical (unpaired) electrons. The van der Waals surface area contributed by atoms with E-state index in [4.69, 9.17) is 0 Å². The van der Waals surface area contributed by atoms with Gasteiger partial charge in [0.15, 0.2) is 0 Å². The van der Waals surface area contributed by atoms with E-state index < -0.39 is 0 Å². The van der Waals surface area contributed by atoms with Crippen molar-refractivity contribution in [1.29, 1.82) is 0 Å². The summed E-state index contributed by atoms with van der Waals surface area (Å²) in [7, 11) is 0. The van der Waals surface area contributed by atoms with Crippen molar-refractivity contribution in [2.75, 3.05) is 0 Å². The molecule has 6 fully saturated rings. The first kappa shape index (κ1) is 16.0. The zero-order chi connectivity index (χ0) is 16.4. The van der Waals surface area contributed by atoms with Crippen LogP contribution in [0.1, 0.15) is 96.3 Å². The fourth-order valence-corrected chi connectivity index (χ4v) is 9.73. The van der Waals surface area contributed by atoms with Gasteiger partial charge in [-0.2, -0.15) is 0 Å². The summed E-state index contributed by atoms with van der Waals surface area (Å²) >= 11 is 0. The number of rotatable bonds is 0. The summed E-state index contributed by atoms with van der Waals surface area (Å²) in [6.45, 7) is 0. The fraction of sp³-hybridized carbons (Fsp3) is 1.00. The minimum absolute atomic E-state index is 1.11. The number of fused-ring (bicyclic) bond motifs is 8. The summed E-state index contributed by atoms with van der Waals surface area (Å²) in [6, 6.07) is 0. The van der Waals surface area contributed by atoms with Crippen LogP contribution in [-0.4, -0.2) is 0 Å².